The van der Waals surface area contributed by atoms with Crippen molar-refractivity contribution < 1.29 is 74.1 Å². The molecule has 3 fully saturated rings. The lowest BCUT2D eigenvalue weighted by atomic mass is 9.36. The third-order valence-corrected chi connectivity index (χ3v) is 18.0. The van der Waals surface area contributed by atoms with Gasteiger partial charge in [-0.25, -0.2) is 4.79 Å². The van der Waals surface area contributed by atoms with E-state index in [-0.39, 0.29) is 47.5 Å². The lowest BCUT2D eigenvalue weighted by Gasteiger charge is -2.70. The normalized spacial score (nSPS) is 33.0. The molecule has 2 bridgehead atoms. The molecule has 22 nitrogen and oxygen atoms in total. The summed E-state index contributed by atoms with van der Waals surface area (Å²) in [6.45, 7) is 0.351. The summed E-state index contributed by atoms with van der Waals surface area (Å²) < 4.78 is 31.1. The summed E-state index contributed by atoms with van der Waals surface area (Å²) in [4.78, 5) is 31.0. The number of nitrogen functional groups attached to an aromatic ring is 1. The summed E-state index contributed by atoms with van der Waals surface area (Å²) in [7, 11) is 0. The number of aromatic amines is 1. The highest BCUT2D eigenvalue weighted by Gasteiger charge is 2.82. The van der Waals surface area contributed by atoms with E-state index < -0.39 is 111 Å². The number of aromatic nitrogens is 1. The second-order valence-corrected chi connectivity index (χ2v) is 21.8. The van der Waals surface area contributed by atoms with E-state index >= 15 is 0 Å². The molecular weight excluding hydrogens is 1020 g/mol. The van der Waals surface area contributed by atoms with Crippen LogP contribution in [0.1, 0.15) is 49.3 Å². The van der Waals surface area contributed by atoms with Crippen LogP contribution in [-0.2, 0) is 9.53 Å². The van der Waals surface area contributed by atoms with Gasteiger partial charge in [-0.05, 0) is 103 Å². The van der Waals surface area contributed by atoms with Crippen molar-refractivity contribution in [3.05, 3.63) is 153 Å². The van der Waals surface area contributed by atoms with Crippen LogP contribution in [0.15, 0.2) is 141 Å². The minimum Gasteiger partial charge on any atom is -0.508 e. The van der Waals surface area contributed by atoms with Gasteiger partial charge in [-0.1, -0.05) is 36.4 Å². The van der Waals surface area contributed by atoms with Crippen LogP contribution >= 0.6 is 0 Å². The Morgan fingerprint density at radius 3 is 2.49 bits per heavy atom. The van der Waals surface area contributed by atoms with Crippen LogP contribution in [0.25, 0.3) is 22.3 Å². The predicted molar refractivity (Wildman–Crippen MR) is 279 cm³/mol. The molecule has 2 aromatic heterocycles. The van der Waals surface area contributed by atoms with Crippen LogP contribution in [0.4, 0.5) is 5.82 Å². The van der Waals surface area contributed by atoms with Gasteiger partial charge >= 0.3 is 5.97 Å². The van der Waals surface area contributed by atoms with Gasteiger partial charge in [0.05, 0.1) is 12.0 Å². The van der Waals surface area contributed by atoms with E-state index in [0.29, 0.717) is 47.9 Å². The molecule has 0 radical (unpaired) electrons. The highest BCUT2D eigenvalue weighted by atomic mass is 16.7. The molecular formula is C57H58N6O16. The molecule has 13 unspecified atom stereocenters. The van der Waals surface area contributed by atoms with Crippen LogP contribution in [0, 0.1) is 22.2 Å². The third-order valence-electron chi connectivity index (χ3n) is 18.0. The fourth-order valence-corrected chi connectivity index (χ4v) is 14.5. The SMILES string of the molecule is NC1=C2C=CC34C=CC5(C6CNCN6)C(=CC6(O)C(Oc7cc8oc(-c9ccc(OC(CO)C(O)c%10ccc(N)[nH]%10)cc9)cc(=O)c8c(O)c7OC(O)c7cccc(O)c7)OC(C(=O)O)C5(O)C6O)C35C2=C(CCC5CC4)CN1. The zero-order valence-corrected chi connectivity index (χ0v) is 42.1. The van der Waals surface area contributed by atoms with Gasteiger partial charge in [-0.2, -0.15) is 0 Å². The topological polar surface area (TPSA) is 370 Å². The van der Waals surface area contributed by atoms with Crippen LogP contribution in [0.5, 0.6) is 28.7 Å². The molecule has 79 heavy (non-hydrogen) atoms. The Morgan fingerprint density at radius 1 is 0.962 bits per heavy atom. The standard InChI is InChI=1S/C57H58N6O16/c58-41-11-10-33(63-41)44(67)38(24-64)75-31-8-5-26(6-9-31)35-19-34(66)42-36(76-35)20-37(46(45(42)68)78-50(71)27-2-1-3-30(65)18-27)77-52-55(73)21-39-54(40-23-60-25-62-40,57(74,51(55)72)47(79-52)49(69)70)17-16-53-14-12-29-7-4-28-22-61-48(59)32(13-15-53)43(28)56(29,39)53/h1-3,5-6,8-11,13,15-21,29,38,40,44,47,50-52,60-65,67-68,71-74H,4,7,12,14,22-25,58-59H2,(H,69,70). The number of carboxylic acids is 1. The van der Waals surface area contributed by atoms with Gasteiger partial charge in [0.15, 0.2) is 34.7 Å². The molecule has 3 aliphatic heterocycles. The van der Waals surface area contributed by atoms with Crippen molar-refractivity contribution in [2.24, 2.45) is 27.9 Å². The number of nitrogens with two attached hydrogens (primary N) is 2. The minimum absolute atomic E-state index is 0.0146. The Bertz CT molecular complexity index is 3590. The number of fused-ring (bicyclic) bond motifs is 5. The fraction of sp³-hybridized carbons (Fsp3) is 0.368. The number of carbonyl (C=O) groups is 1. The second kappa shape index (κ2) is 17.9. The maximum absolute atomic E-state index is 14.2. The van der Waals surface area contributed by atoms with Crippen molar-refractivity contribution in [2.75, 3.05) is 32.1 Å². The first kappa shape index (κ1) is 50.8. The molecule has 5 heterocycles. The number of ether oxygens (including phenoxy) is 4. The number of phenolic OH excluding ortho intramolecular Hbond substituents is 2. The summed E-state index contributed by atoms with van der Waals surface area (Å²) in [5.41, 5.74) is 5.96. The molecule has 1 spiro atoms. The molecule has 412 valence electrons. The summed E-state index contributed by atoms with van der Waals surface area (Å²) in [6, 6.07) is 15.9. The largest absolute Gasteiger partial charge is 0.508 e. The minimum atomic E-state index is -2.84. The monoisotopic (exact) mass is 1080 g/mol. The Kier molecular flexibility index (Phi) is 11.5. The zero-order valence-electron chi connectivity index (χ0n) is 42.1. The number of carboxylic acid groups (broad SMARTS) is 1. The Labute approximate surface area is 449 Å². The number of rotatable bonds is 13. The van der Waals surface area contributed by atoms with Gasteiger partial charge in [0.25, 0.3) is 0 Å². The first-order chi connectivity index (χ1) is 37.9. The number of aliphatic hydroxyl groups is 6. The van der Waals surface area contributed by atoms with Crippen LogP contribution in [0.2, 0.25) is 0 Å². The second-order valence-electron chi connectivity index (χ2n) is 21.8. The molecule has 8 aliphatic rings. The number of H-pyrrole nitrogens is 1. The van der Waals surface area contributed by atoms with E-state index in [4.69, 9.17) is 34.8 Å². The fourth-order valence-electron chi connectivity index (χ4n) is 14.5. The third kappa shape index (κ3) is 7.02. The van der Waals surface area contributed by atoms with E-state index in [9.17, 15) is 55.5 Å². The van der Waals surface area contributed by atoms with E-state index in [1.807, 2.05) is 12.2 Å². The Balaban J connectivity index is 0.963. The van der Waals surface area contributed by atoms with Crippen molar-refractivity contribution in [3.63, 3.8) is 0 Å². The number of aromatic hydroxyl groups is 2. The first-order valence-electron chi connectivity index (χ1n) is 26.1. The molecule has 22 heteroatoms. The molecule has 0 amide bonds. The Morgan fingerprint density at radius 2 is 1.77 bits per heavy atom. The molecule has 5 aromatic rings. The number of benzene rings is 3. The van der Waals surface area contributed by atoms with Crippen molar-refractivity contribution in [2.45, 2.75) is 79.9 Å². The molecule has 17 N–H and O–H groups in total. The molecule has 5 aliphatic carbocycles. The van der Waals surface area contributed by atoms with E-state index in [1.165, 1.54) is 54.6 Å². The highest BCUT2D eigenvalue weighted by Crippen LogP contribution is 2.79. The van der Waals surface area contributed by atoms with E-state index in [0.717, 1.165) is 41.7 Å². The summed E-state index contributed by atoms with van der Waals surface area (Å²) in [5.74, 6) is -3.42. The Hall–Kier alpha value is -7.64. The molecule has 13 rings (SSSR count). The van der Waals surface area contributed by atoms with Gasteiger partial charge < -0.3 is 96.4 Å². The van der Waals surface area contributed by atoms with Gasteiger partial charge in [-0.3, -0.25) is 10.1 Å². The average molecular weight is 1080 g/mol. The van der Waals surface area contributed by atoms with Gasteiger partial charge in [0.1, 0.15) is 57.7 Å². The highest BCUT2D eigenvalue weighted by molar-refractivity contribution is 5.90. The van der Waals surface area contributed by atoms with E-state index in [1.54, 1.807) is 18.2 Å². The number of allylic oxidation sites excluding steroid dienone is 5. The lowest BCUT2D eigenvalue weighted by molar-refractivity contribution is -0.355. The molecule has 1 saturated carbocycles. The number of aliphatic hydroxyl groups excluding tert-OH is 4. The van der Waals surface area contributed by atoms with Gasteiger partial charge in [0.2, 0.25) is 18.3 Å². The van der Waals surface area contributed by atoms with Crippen molar-refractivity contribution in [3.8, 4) is 40.1 Å². The van der Waals surface area contributed by atoms with Crippen LogP contribution in [0.3, 0.4) is 0 Å². The number of dihydropyridines is 1. The first-order valence-corrected chi connectivity index (χ1v) is 26.1. The van der Waals surface area contributed by atoms with Crippen LogP contribution < -0.4 is 47.1 Å². The van der Waals surface area contributed by atoms with Crippen molar-refractivity contribution >= 4 is 22.8 Å². The zero-order chi connectivity index (χ0) is 55.1. The smallest absolute Gasteiger partial charge is 0.336 e. The molecule has 13 atom stereocenters. The van der Waals surface area contributed by atoms with Crippen molar-refractivity contribution in [1.82, 2.24) is 20.9 Å². The number of anilines is 1. The molecule has 3 aromatic carbocycles. The predicted octanol–water partition coefficient (Wildman–Crippen LogP) is 2.17. The van der Waals surface area contributed by atoms with Gasteiger partial charge in [-0.15, -0.1) is 0 Å². The number of aliphatic carboxylic acids is 1. The number of hydrogen-bond donors (Lipinski definition) is 15. The van der Waals surface area contributed by atoms with Crippen LogP contribution in [-0.4, -0.2) is 125 Å². The maximum atomic E-state index is 14.2. The lowest BCUT2D eigenvalue weighted by Crippen LogP contribution is -2.84. The maximum Gasteiger partial charge on any atom is 0.336 e. The van der Waals surface area contributed by atoms with Crippen molar-refractivity contribution in [1.29, 1.82) is 0 Å². The van der Waals surface area contributed by atoms with Gasteiger partial charge in [0, 0.05) is 71.2 Å². The quantitative estimate of drug-likeness (QED) is 0.0593. The van der Waals surface area contributed by atoms with E-state index in [2.05, 4.69) is 27.0 Å². The summed E-state index contributed by atoms with van der Waals surface area (Å²) in [5, 5.41) is 116. The summed E-state index contributed by atoms with van der Waals surface area (Å²) >= 11 is 0. The number of hydrogen-bond acceptors (Lipinski definition) is 20. The summed E-state index contributed by atoms with van der Waals surface area (Å²) in [6.07, 6.45) is 0.858. The molecule has 2 saturated heterocycles. The average Bonchev–Trinajstić information content (AvgIpc) is 3.02. The number of nitrogens with one attached hydrogen (secondary N) is 4. The number of phenols is 2.